The van der Waals surface area contributed by atoms with Gasteiger partial charge in [-0.25, -0.2) is 9.50 Å². The Balaban J connectivity index is 1.50. The molecule has 31 heavy (non-hydrogen) atoms. The molecule has 5 rings (SSSR count). The quantitative estimate of drug-likeness (QED) is 0.480. The van der Waals surface area contributed by atoms with Gasteiger partial charge in [-0.3, -0.25) is 4.79 Å². The molecule has 2 bridgehead atoms. The lowest BCUT2D eigenvalue weighted by atomic mass is 9.84. The number of rotatable bonds is 4. The van der Waals surface area contributed by atoms with Crippen LogP contribution < -0.4 is 5.32 Å². The number of amides is 1. The van der Waals surface area contributed by atoms with Crippen LogP contribution in [0.4, 0.5) is 13.2 Å². The van der Waals surface area contributed by atoms with Gasteiger partial charge >= 0.3 is 6.18 Å². The molecule has 0 saturated heterocycles. The summed E-state index contributed by atoms with van der Waals surface area (Å²) in [6, 6.07) is 4.37. The molecule has 0 aromatic carbocycles. The molecule has 2 saturated carbocycles. The zero-order valence-electron chi connectivity index (χ0n) is 16.6. The highest BCUT2D eigenvalue weighted by atomic mass is 79.9. The monoisotopic (exact) mass is 512 g/mol. The normalized spacial score (nSPS) is 24.1. The van der Waals surface area contributed by atoms with Crippen LogP contribution in [0.2, 0.25) is 0 Å². The number of nitrogens with zero attached hydrogens (tertiary/aromatic N) is 3. The smallest absolute Gasteiger partial charge is 0.348 e. The number of hydrogen-bond donors (Lipinski definition) is 1. The van der Waals surface area contributed by atoms with Gasteiger partial charge in [-0.2, -0.15) is 18.3 Å². The largest absolute Gasteiger partial charge is 0.433 e. The van der Waals surface area contributed by atoms with E-state index in [4.69, 9.17) is 0 Å². The predicted molar refractivity (Wildman–Crippen MR) is 115 cm³/mol. The molecule has 10 heteroatoms. The van der Waals surface area contributed by atoms with Gasteiger partial charge in [-0.05, 0) is 77.4 Å². The summed E-state index contributed by atoms with van der Waals surface area (Å²) in [5, 5.41) is 8.75. The van der Waals surface area contributed by atoms with Crippen molar-refractivity contribution in [3.63, 3.8) is 0 Å². The number of fused-ring (bicyclic) bond motifs is 3. The Morgan fingerprint density at radius 2 is 2.16 bits per heavy atom. The van der Waals surface area contributed by atoms with E-state index in [1.54, 1.807) is 17.5 Å². The molecule has 2 aliphatic carbocycles. The van der Waals surface area contributed by atoms with E-state index in [0.717, 1.165) is 18.4 Å². The van der Waals surface area contributed by atoms with Crippen LogP contribution in [0.5, 0.6) is 0 Å². The van der Waals surface area contributed by atoms with Gasteiger partial charge in [0.1, 0.15) is 0 Å². The first-order valence-corrected chi connectivity index (χ1v) is 11.9. The lowest BCUT2D eigenvalue weighted by molar-refractivity contribution is -0.142. The summed E-state index contributed by atoms with van der Waals surface area (Å²) in [7, 11) is 0. The minimum absolute atomic E-state index is 0.0315. The van der Waals surface area contributed by atoms with Crippen LogP contribution in [0.1, 0.15) is 48.8 Å². The van der Waals surface area contributed by atoms with Crippen LogP contribution in [-0.4, -0.2) is 26.5 Å². The molecule has 1 amide bonds. The lowest BCUT2D eigenvalue weighted by Crippen LogP contribution is -2.40. The van der Waals surface area contributed by atoms with Crippen LogP contribution in [0.3, 0.4) is 0 Å². The van der Waals surface area contributed by atoms with E-state index < -0.39 is 17.8 Å². The Labute approximate surface area is 189 Å². The van der Waals surface area contributed by atoms with E-state index in [0.29, 0.717) is 21.2 Å². The zero-order chi connectivity index (χ0) is 21.9. The number of carbonyl (C=O) groups is 1. The first-order valence-electron chi connectivity index (χ1n) is 10.2. The van der Waals surface area contributed by atoms with Crippen molar-refractivity contribution in [3.05, 3.63) is 39.4 Å². The Kier molecular flexibility index (Phi) is 5.12. The van der Waals surface area contributed by atoms with Crippen molar-refractivity contribution in [2.75, 3.05) is 0 Å². The van der Waals surface area contributed by atoms with Crippen LogP contribution in [0, 0.1) is 17.8 Å². The third-order valence-electron chi connectivity index (χ3n) is 6.61. The number of halogens is 4. The fourth-order valence-corrected chi connectivity index (χ4v) is 6.38. The van der Waals surface area contributed by atoms with Gasteiger partial charge in [-0.1, -0.05) is 12.5 Å². The fraction of sp³-hybridized carbons (Fsp3) is 0.476. The molecule has 0 spiro atoms. The highest BCUT2D eigenvalue weighted by molar-refractivity contribution is 9.10. The van der Waals surface area contributed by atoms with Crippen molar-refractivity contribution in [1.82, 2.24) is 19.9 Å². The molecular formula is C21H20BrF3N4OS. The highest BCUT2D eigenvalue weighted by Gasteiger charge is 2.42. The van der Waals surface area contributed by atoms with E-state index >= 15 is 0 Å². The van der Waals surface area contributed by atoms with Crippen molar-refractivity contribution >= 4 is 38.8 Å². The van der Waals surface area contributed by atoms with E-state index in [2.05, 4.69) is 31.3 Å². The van der Waals surface area contributed by atoms with E-state index in [-0.39, 0.29) is 27.5 Å². The van der Waals surface area contributed by atoms with E-state index in [1.807, 2.05) is 6.92 Å². The standard InChI is InChI=1S/C21H20BrF3N4OS/c1-10(13-8-11-4-5-12(13)7-11)26-20(30)18-17(22)19-27-14(15-3-2-6-31-15)9-16(21(23,24)25)29(19)28-18/h2-3,6,9-13H,4-5,7-8H2,1H3,(H,26,30). The average molecular weight is 513 g/mol. The topological polar surface area (TPSA) is 59.3 Å². The molecule has 0 radical (unpaired) electrons. The molecule has 5 nitrogen and oxygen atoms in total. The van der Waals surface area contributed by atoms with Gasteiger partial charge in [0.15, 0.2) is 17.0 Å². The van der Waals surface area contributed by atoms with Crippen LogP contribution in [0.15, 0.2) is 28.1 Å². The van der Waals surface area contributed by atoms with E-state index in [9.17, 15) is 18.0 Å². The van der Waals surface area contributed by atoms with Crippen molar-refractivity contribution in [2.24, 2.45) is 17.8 Å². The third-order valence-corrected chi connectivity index (χ3v) is 8.23. The average Bonchev–Trinajstić information content (AvgIpc) is 3.51. The number of aromatic nitrogens is 3. The van der Waals surface area contributed by atoms with Crippen molar-refractivity contribution in [2.45, 2.75) is 44.8 Å². The summed E-state index contributed by atoms with van der Waals surface area (Å²) >= 11 is 4.58. The highest BCUT2D eigenvalue weighted by Crippen LogP contribution is 2.49. The summed E-state index contributed by atoms with van der Waals surface area (Å²) in [5.74, 6) is 1.29. The lowest BCUT2D eigenvalue weighted by Gasteiger charge is -2.28. The second-order valence-corrected chi connectivity index (χ2v) is 10.2. The van der Waals surface area contributed by atoms with Crippen LogP contribution >= 0.6 is 27.3 Å². The number of carbonyl (C=O) groups excluding carboxylic acids is 1. The van der Waals surface area contributed by atoms with Gasteiger partial charge in [-0.15, -0.1) is 11.3 Å². The van der Waals surface area contributed by atoms with Crippen molar-refractivity contribution in [3.8, 4) is 10.6 Å². The minimum atomic E-state index is -4.65. The summed E-state index contributed by atoms with van der Waals surface area (Å²) in [6.45, 7) is 1.97. The summed E-state index contributed by atoms with van der Waals surface area (Å²) < 4.78 is 42.2. The van der Waals surface area contributed by atoms with E-state index in [1.165, 1.54) is 30.6 Å². The predicted octanol–water partition coefficient (Wildman–Crippen LogP) is 5.79. The third kappa shape index (κ3) is 3.67. The Hall–Kier alpha value is -1.94. The van der Waals surface area contributed by atoms with Gasteiger partial charge in [0.05, 0.1) is 15.0 Å². The second-order valence-electron chi connectivity index (χ2n) is 8.50. The SMILES string of the molecule is CC(NC(=O)c1nn2c(C(F)(F)F)cc(-c3cccs3)nc2c1Br)C1CC2CCC1C2. The molecule has 3 aromatic heterocycles. The maximum absolute atomic E-state index is 13.8. The van der Waals surface area contributed by atoms with Crippen molar-refractivity contribution in [1.29, 1.82) is 0 Å². The zero-order valence-corrected chi connectivity index (χ0v) is 19.0. The second kappa shape index (κ2) is 7.58. The summed E-state index contributed by atoms with van der Waals surface area (Å²) in [5.41, 5.74) is -0.896. The van der Waals surface area contributed by atoms with Crippen LogP contribution in [-0.2, 0) is 6.18 Å². The van der Waals surface area contributed by atoms with Gasteiger partial charge in [0.25, 0.3) is 5.91 Å². The molecule has 2 aliphatic rings. The van der Waals surface area contributed by atoms with Gasteiger partial charge in [0, 0.05) is 6.04 Å². The maximum atomic E-state index is 13.8. The minimum Gasteiger partial charge on any atom is -0.348 e. The van der Waals surface area contributed by atoms with Crippen LogP contribution in [0.25, 0.3) is 16.2 Å². The number of alkyl halides is 3. The molecule has 2 fully saturated rings. The first kappa shape index (κ1) is 20.9. The first-order chi connectivity index (χ1) is 14.7. The Morgan fingerprint density at radius 1 is 1.35 bits per heavy atom. The molecule has 4 unspecified atom stereocenters. The van der Waals surface area contributed by atoms with Gasteiger partial charge < -0.3 is 5.32 Å². The summed E-state index contributed by atoms with van der Waals surface area (Å²) in [4.78, 5) is 17.9. The number of thiophene rings is 1. The Bertz CT molecular complexity index is 1140. The summed E-state index contributed by atoms with van der Waals surface area (Å²) in [6.07, 6.45) is 0.120. The molecule has 4 atom stereocenters. The molecule has 3 aromatic rings. The fourth-order valence-electron chi connectivity index (χ4n) is 5.18. The molecule has 1 N–H and O–H groups in total. The molecular weight excluding hydrogens is 493 g/mol. The number of nitrogens with one attached hydrogen (secondary N) is 1. The number of hydrogen-bond acceptors (Lipinski definition) is 4. The maximum Gasteiger partial charge on any atom is 0.433 e. The van der Waals surface area contributed by atoms with Gasteiger partial charge in [0.2, 0.25) is 0 Å². The Morgan fingerprint density at radius 3 is 2.77 bits per heavy atom. The molecule has 164 valence electrons. The molecule has 3 heterocycles. The van der Waals surface area contributed by atoms with Crippen molar-refractivity contribution < 1.29 is 18.0 Å². The molecule has 0 aliphatic heterocycles.